The van der Waals surface area contributed by atoms with E-state index in [0.29, 0.717) is 0 Å². The molecule has 0 aliphatic carbocycles. The summed E-state index contributed by atoms with van der Waals surface area (Å²) >= 11 is 4.60. The molecule has 0 radical (unpaired) electrons. The van der Waals surface area contributed by atoms with Crippen LogP contribution >= 0.6 is 12.2 Å². The molecule has 0 atom stereocenters. The topological polar surface area (TPSA) is 50.4 Å². The number of thiocarbonyl (C=S) groups is 1. The summed E-state index contributed by atoms with van der Waals surface area (Å²) in [5.41, 5.74) is 10.2. The van der Waals surface area contributed by atoms with Gasteiger partial charge in [-0.3, -0.25) is 5.43 Å². The van der Waals surface area contributed by atoms with Crippen molar-refractivity contribution in [2.75, 3.05) is 0 Å². The fourth-order valence-corrected chi connectivity index (χ4v) is 1.04. The van der Waals surface area contributed by atoms with Crippen LogP contribution < -0.4 is 11.2 Å². The number of aryl methyl sites for hydroxylation is 1. The minimum Gasteiger partial charge on any atom is -0.375 e. The molecule has 4 heteroatoms. The minimum absolute atomic E-state index is 0.185. The predicted octanol–water partition coefficient (Wildman–Crippen LogP) is 1.36. The van der Waals surface area contributed by atoms with Crippen LogP contribution in [0.3, 0.4) is 0 Å². The molecule has 74 valence electrons. The van der Waals surface area contributed by atoms with Crippen LogP contribution in [0.1, 0.15) is 11.1 Å². The SMILES string of the molecule is Cc1ccc(C/C=N\NC(N)=S)cc1. The Bertz CT molecular complexity index is 330. The summed E-state index contributed by atoms with van der Waals surface area (Å²) in [6, 6.07) is 8.29. The third-order valence-corrected chi connectivity index (χ3v) is 1.80. The van der Waals surface area contributed by atoms with Crippen molar-refractivity contribution in [3.63, 3.8) is 0 Å². The van der Waals surface area contributed by atoms with Crippen LogP contribution in [-0.4, -0.2) is 11.3 Å². The molecule has 0 unspecified atom stereocenters. The van der Waals surface area contributed by atoms with Crippen LogP contribution in [0, 0.1) is 6.92 Å². The van der Waals surface area contributed by atoms with E-state index in [0.717, 1.165) is 6.42 Å². The van der Waals surface area contributed by atoms with Gasteiger partial charge in [-0.2, -0.15) is 5.10 Å². The number of hydrazone groups is 1. The van der Waals surface area contributed by atoms with E-state index in [9.17, 15) is 0 Å². The zero-order valence-corrected chi connectivity index (χ0v) is 8.84. The van der Waals surface area contributed by atoms with Crippen molar-refractivity contribution < 1.29 is 0 Å². The molecule has 0 amide bonds. The number of nitrogens with one attached hydrogen (secondary N) is 1. The molecule has 0 saturated heterocycles. The molecule has 1 aromatic carbocycles. The molecule has 0 fully saturated rings. The Morgan fingerprint density at radius 3 is 2.71 bits per heavy atom. The minimum atomic E-state index is 0.185. The lowest BCUT2D eigenvalue weighted by atomic mass is 10.1. The quantitative estimate of drug-likeness (QED) is 0.447. The summed E-state index contributed by atoms with van der Waals surface area (Å²) in [5.74, 6) is 0. The van der Waals surface area contributed by atoms with Crippen molar-refractivity contribution in [2.45, 2.75) is 13.3 Å². The van der Waals surface area contributed by atoms with Crippen molar-refractivity contribution >= 4 is 23.5 Å². The molecule has 0 aliphatic rings. The van der Waals surface area contributed by atoms with Gasteiger partial charge in [-0.1, -0.05) is 29.8 Å². The van der Waals surface area contributed by atoms with Crippen LogP contribution in [0.15, 0.2) is 29.4 Å². The summed E-state index contributed by atoms with van der Waals surface area (Å²) in [7, 11) is 0. The largest absolute Gasteiger partial charge is 0.375 e. The van der Waals surface area contributed by atoms with E-state index < -0.39 is 0 Å². The van der Waals surface area contributed by atoms with Gasteiger partial charge in [0, 0.05) is 12.6 Å². The van der Waals surface area contributed by atoms with Gasteiger partial charge < -0.3 is 5.73 Å². The average molecular weight is 207 g/mol. The molecule has 0 saturated carbocycles. The number of benzene rings is 1. The highest BCUT2D eigenvalue weighted by Gasteiger charge is 1.88. The fraction of sp³-hybridized carbons (Fsp3) is 0.200. The number of hydrogen-bond donors (Lipinski definition) is 2. The van der Waals surface area contributed by atoms with E-state index >= 15 is 0 Å². The Morgan fingerprint density at radius 1 is 1.50 bits per heavy atom. The van der Waals surface area contributed by atoms with Gasteiger partial charge in [0.05, 0.1) is 0 Å². The number of rotatable bonds is 3. The summed E-state index contributed by atoms with van der Waals surface area (Å²) in [6.07, 6.45) is 2.51. The van der Waals surface area contributed by atoms with Gasteiger partial charge in [0.2, 0.25) is 0 Å². The highest BCUT2D eigenvalue weighted by Crippen LogP contribution is 2.02. The number of nitrogens with zero attached hydrogens (tertiary/aromatic N) is 1. The van der Waals surface area contributed by atoms with Gasteiger partial charge >= 0.3 is 0 Å². The first-order chi connectivity index (χ1) is 6.68. The van der Waals surface area contributed by atoms with Gasteiger partial charge in [0.1, 0.15) is 0 Å². The van der Waals surface area contributed by atoms with Crippen LogP contribution in [0.2, 0.25) is 0 Å². The van der Waals surface area contributed by atoms with E-state index in [4.69, 9.17) is 5.73 Å². The molecule has 1 aromatic rings. The molecule has 0 spiro atoms. The lowest BCUT2D eigenvalue weighted by Crippen LogP contribution is -2.24. The van der Waals surface area contributed by atoms with Gasteiger partial charge in [0.15, 0.2) is 5.11 Å². The Labute approximate surface area is 89.0 Å². The first-order valence-electron chi connectivity index (χ1n) is 4.31. The number of nitrogens with two attached hydrogens (primary N) is 1. The lowest BCUT2D eigenvalue weighted by Gasteiger charge is -1.97. The molecular weight excluding hydrogens is 194 g/mol. The maximum absolute atomic E-state index is 5.20. The normalized spacial score (nSPS) is 10.4. The lowest BCUT2D eigenvalue weighted by molar-refractivity contribution is 1.03. The molecule has 3 nitrogen and oxygen atoms in total. The molecule has 1 rings (SSSR count). The van der Waals surface area contributed by atoms with E-state index in [1.807, 2.05) is 0 Å². The smallest absolute Gasteiger partial charge is 0.184 e. The second kappa shape index (κ2) is 5.34. The summed E-state index contributed by atoms with van der Waals surface area (Å²) in [6.45, 7) is 2.06. The molecule has 3 N–H and O–H groups in total. The molecule has 0 bridgehead atoms. The van der Waals surface area contributed by atoms with Crippen molar-refractivity contribution in [1.82, 2.24) is 5.43 Å². The van der Waals surface area contributed by atoms with Crippen LogP contribution in [-0.2, 0) is 6.42 Å². The van der Waals surface area contributed by atoms with Crippen molar-refractivity contribution in [3.8, 4) is 0 Å². The van der Waals surface area contributed by atoms with Gasteiger partial charge in [-0.25, -0.2) is 0 Å². The third kappa shape index (κ3) is 4.00. The fourth-order valence-electron chi connectivity index (χ4n) is 0.984. The Hall–Kier alpha value is -1.42. The van der Waals surface area contributed by atoms with E-state index in [2.05, 4.69) is 53.9 Å². The number of hydrogen-bond acceptors (Lipinski definition) is 2. The Morgan fingerprint density at radius 2 is 2.14 bits per heavy atom. The maximum Gasteiger partial charge on any atom is 0.184 e. The third-order valence-electron chi connectivity index (χ3n) is 1.71. The standard InChI is InChI=1S/C10H13N3S/c1-8-2-4-9(5-3-8)6-7-12-13-10(11)14/h2-5,7H,6H2,1H3,(H3,11,13,14)/b12-7-. The molecular formula is C10H13N3S. The highest BCUT2D eigenvalue weighted by atomic mass is 32.1. The van der Waals surface area contributed by atoms with E-state index in [-0.39, 0.29) is 5.11 Å². The monoisotopic (exact) mass is 207 g/mol. The summed E-state index contributed by atoms with van der Waals surface area (Å²) < 4.78 is 0. The summed E-state index contributed by atoms with van der Waals surface area (Å²) in [4.78, 5) is 0. The van der Waals surface area contributed by atoms with Crippen molar-refractivity contribution in [3.05, 3.63) is 35.4 Å². The van der Waals surface area contributed by atoms with Crippen LogP contribution in [0.25, 0.3) is 0 Å². The van der Waals surface area contributed by atoms with Crippen LogP contribution in [0.4, 0.5) is 0 Å². The van der Waals surface area contributed by atoms with Crippen molar-refractivity contribution in [1.29, 1.82) is 0 Å². The molecule has 14 heavy (non-hydrogen) atoms. The van der Waals surface area contributed by atoms with E-state index in [1.54, 1.807) is 6.21 Å². The molecule has 0 aromatic heterocycles. The van der Waals surface area contributed by atoms with Crippen molar-refractivity contribution in [2.24, 2.45) is 10.8 Å². The second-order valence-electron chi connectivity index (χ2n) is 2.98. The zero-order valence-electron chi connectivity index (χ0n) is 8.03. The maximum atomic E-state index is 5.20. The summed E-state index contributed by atoms with van der Waals surface area (Å²) in [5, 5.41) is 4.03. The molecule has 0 heterocycles. The second-order valence-corrected chi connectivity index (χ2v) is 3.42. The molecule has 0 aliphatic heterocycles. The average Bonchev–Trinajstić information content (AvgIpc) is 2.15. The first kappa shape index (κ1) is 10.7. The Balaban J connectivity index is 2.42. The van der Waals surface area contributed by atoms with Crippen LogP contribution in [0.5, 0.6) is 0 Å². The Kier molecular flexibility index (Phi) is 4.07. The highest BCUT2D eigenvalue weighted by molar-refractivity contribution is 7.80. The first-order valence-corrected chi connectivity index (χ1v) is 4.72. The van der Waals surface area contributed by atoms with E-state index in [1.165, 1.54) is 11.1 Å². The zero-order chi connectivity index (χ0) is 10.4. The van der Waals surface area contributed by atoms with Gasteiger partial charge in [-0.05, 0) is 24.7 Å². The predicted molar refractivity (Wildman–Crippen MR) is 63.3 cm³/mol. The van der Waals surface area contributed by atoms with Gasteiger partial charge in [-0.15, -0.1) is 0 Å². The van der Waals surface area contributed by atoms with Gasteiger partial charge in [0.25, 0.3) is 0 Å².